The summed E-state index contributed by atoms with van der Waals surface area (Å²) < 4.78 is 1.64. The number of hydrogen-bond donors (Lipinski definition) is 0. The summed E-state index contributed by atoms with van der Waals surface area (Å²) in [4.78, 5) is 23.1. The monoisotopic (exact) mass is 297 g/mol. The van der Waals surface area contributed by atoms with Crippen molar-refractivity contribution in [1.29, 1.82) is 0 Å². The molecule has 0 atom stereocenters. The lowest BCUT2D eigenvalue weighted by molar-refractivity contribution is 0.0731. The van der Waals surface area contributed by atoms with Gasteiger partial charge in [-0.1, -0.05) is 11.1 Å². The minimum absolute atomic E-state index is 0.0811. The lowest BCUT2D eigenvalue weighted by atomic mass is 10.0. The zero-order valence-corrected chi connectivity index (χ0v) is 13.0. The molecule has 0 aromatic carbocycles. The molecule has 0 N–H and O–H groups in total. The van der Waals surface area contributed by atoms with E-state index < -0.39 is 0 Å². The van der Waals surface area contributed by atoms with E-state index in [1.807, 2.05) is 24.8 Å². The van der Waals surface area contributed by atoms with Gasteiger partial charge in [-0.25, -0.2) is 9.50 Å². The average molecular weight is 297 g/mol. The van der Waals surface area contributed by atoms with Crippen LogP contribution >= 0.6 is 0 Å². The second-order valence-corrected chi connectivity index (χ2v) is 6.19. The molecule has 4 rings (SSSR count). The first kappa shape index (κ1) is 13.4. The van der Waals surface area contributed by atoms with E-state index in [2.05, 4.69) is 15.1 Å². The third-order valence-corrected chi connectivity index (χ3v) is 4.46. The topological polar surface area (TPSA) is 63.4 Å². The van der Waals surface area contributed by atoms with Gasteiger partial charge in [0.2, 0.25) is 5.82 Å². The van der Waals surface area contributed by atoms with Crippen molar-refractivity contribution in [2.24, 2.45) is 0 Å². The van der Waals surface area contributed by atoms with Gasteiger partial charge in [0.1, 0.15) is 0 Å². The van der Waals surface area contributed by atoms with Gasteiger partial charge in [-0.3, -0.25) is 4.79 Å². The molecule has 1 aliphatic carbocycles. The molecule has 1 amide bonds. The number of carbonyl (C=O) groups is 1. The van der Waals surface area contributed by atoms with Crippen molar-refractivity contribution >= 4 is 11.7 Å². The Kier molecular flexibility index (Phi) is 2.99. The number of fused-ring (bicyclic) bond motifs is 1. The van der Waals surface area contributed by atoms with Gasteiger partial charge >= 0.3 is 0 Å². The Hall–Kier alpha value is -2.24. The van der Waals surface area contributed by atoms with Crippen LogP contribution in [0.15, 0.2) is 17.2 Å². The minimum Gasteiger partial charge on any atom is -0.335 e. The molecule has 1 saturated carbocycles. The Morgan fingerprint density at radius 3 is 2.41 bits per heavy atom. The van der Waals surface area contributed by atoms with Crippen LogP contribution < -0.4 is 0 Å². The van der Waals surface area contributed by atoms with Crippen LogP contribution in [-0.2, 0) is 0 Å². The molecule has 0 radical (unpaired) electrons. The van der Waals surface area contributed by atoms with Crippen LogP contribution in [0.2, 0.25) is 0 Å². The van der Waals surface area contributed by atoms with Gasteiger partial charge in [-0.2, -0.15) is 4.98 Å². The first-order valence-corrected chi connectivity index (χ1v) is 7.82. The van der Waals surface area contributed by atoms with Gasteiger partial charge in [0.25, 0.3) is 11.7 Å². The van der Waals surface area contributed by atoms with Crippen LogP contribution in [0.4, 0.5) is 0 Å². The molecule has 114 valence electrons. The van der Waals surface area contributed by atoms with Crippen LogP contribution in [-0.4, -0.2) is 43.5 Å². The fraction of sp³-hybridized carbons (Fsp3) is 0.500. The molecular weight excluding hydrogens is 278 g/mol. The van der Waals surface area contributed by atoms with E-state index in [0.29, 0.717) is 5.78 Å². The standard InChI is InChI=1S/C16H19N5O/c1-10-9-11(2)21-16(17-10)18-14(19-21)15(22)20-7-5-13(6-8-20)12-3-4-12/h9H,3-8H2,1-2H3. The highest BCUT2D eigenvalue weighted by Gasteiger charge is 2.27. The number of likely N-dealkylation sites (tertiary alicyclic amines) is 1. The summed E-state index contributed by atoms with van der Waals surface area (Å²) in [7, 11) is 0. The summed E-state index contributed by atoms with van der Waals surface area (Å²) in [6, 6.07) is 1.94. The van der Waals surface area contributed by atoms with Crippen molar-refractivity contribution in [3.8, 4) is 0 Å². The van der Waals surface area contributed by atoms with E-state index in [9.17, 15) is 4.79 Å². The summed E-state index contributed by atoms with van der Waals surface area (Å²) in [6.07, 6.45) is 4.54. The molecule has 6 nitrogen and oxygen atoms in total. The van der Waals surface area contributed by atoms with Gasteiger partial charge in [0.15, 0.2) is 0 Å². The molecular formula is C16H19N5O. The van der Waals surface area contributed by atoms with Gasteiger partial charge in [-0.05, 0) is 45.6 Å². The number of hydrogen-bond acceptors (Lipinski definition) is 4. The van der Waals surface area contributed by atoms with Crippen molar-refractivity contribution in [3.63, 3.8) is 0 Å². The van der Waals surface area contributed by atoms with Crippen LogP contribution in [0.1, 0.15) is 47.7 Å². The third kappa shape index (κ3) is 2.28. The van der Waals surface area contributed by atoms with Crippen molar-refractivity contribution in [3.05, 3.63) is 34.4 Å². The number of aryl methyl sites for hydroxylation is 2. The maximum absolute atomic E-state index is 12.6. The molecule has 0 bridgehead atoms. The molecule has 1 aliphatic heterocycles. The molecule has 2 aromatic rings. The van der Waals surface area contributed by atoms with E-state index >= 15 is 0 Å². The molecule has 6 heteroatoms. The highest BCUT2D eigenvalue weighted by molar-refractivity contribution is 5.91. The van der Waals surface area contributed by atoms with Crippen molar-refractivity contribution < 1.29 is 4.79 Å². The minimum atomic E-state index is -0.0811. The lowest BCUT2D eigenvalue weighted by Gasteiger charge is -2.27. The molecule has 2 aliphatic rings. The fourth-order valence-corrected chi connectivity index (χ4v) is 3.15. The van der Waals surface area contributed by atoms with E-state index in [4.69, 9.17) is 0 Å². The summed E-state index contributed by atoms with van der Waals surface area (Å²) >= 11 is 0. The quantitative estimate of drug-likeness (QED) is 0.756. The molecule has 1 saturated heterocycles. The third-order valence-electron chi connectivity index (χ3n) is 4.46. The molecule has 2 fully saturated rings. The molecule has 0 unspecified atom stereocenters. The van der Waals surface area contributed by atoms with Gasteiger partial charge < -0.3 is 4.90 Å². The smallest absolute Gasteiger partial charge is 0.293 e. The SMILES string of the molecule is Cc1cc(C)n2nc(C(=O)N3CCC(=C4CC4)CC3)nc2n1. The number of amides is 1. The second-order valence-electron chi connectivity index (χ2n) is 6.19. The fourth-order valence-electron chi connectivity index (χ4n) is 3.15. The van der Waals surface area contributed by atoms with Crippen LogP contribution in [0.3, 0.4) is 0 Å². The maximum atomic E-state index is 12.6. The highest BCUT2D eigenvalue weighted by atomic mass is 16.2. The Morgan fingerprint density at radius 1 is 1.05 bits per heavy atom. The summed E-state index contributed by atoms with van der Waals surface area (Å²) in [5.74, 6) is 0.671. The number of allylic oxidation sites excluding steroid dienone is 1. The van der Waals surface area contributed by atoms with E-state index in [0.717, 1.165) is 37.3 Å². The second kappa shape index (κ2) is 4.90. The van der Waals surface area contributed by atoms with Gasteiger partial charge in [-0.15, -0.1) is 5.10 Å². The Labute approximate surface area is 128 Å². The number of nitrogens with zero attached hydrogens (tertiary/aromatic N) is 5. The zero-order chi connectivity index (χ0) is 15.3. The predicted molar refractivity (Wildman–Crippen MR) is 81.7 cm³/mol. The average Bonchev–Trinajstić information content (AvgIpc) is 3.26. The van der Waals surface area contributed by atoms with E-state index in [1.165, 1.54) is 12.8 Å². The Balaban J connectivity index is 1.58. The van der Waals surface area contributed by atoms with Crippen molar-refractivity contribution in [1.82, 2.24) is 24.5 Å². The number of rotatable bonds is 1. The molecule has 0 spiro atoms. The number of aromatic nitrogens is 4. The van der Waals surface area contributed by atoms with Crippen molar-refractivity contribution in [2.75, 3.05) is 13.1 Å². The van der Waals surface area contributed by atoms with Crippen LogP contribution in [0.5, 0.6) is 0 Å². The first-order valence-electron chi connectivity index (χ1n) is 7.82. The lowest BCUT2D eigenvalue weighted by Crippen LogP contribution is -2.37. The predicted octanol–water partition coefficient (Wildman–Crippen LogP) is 2.07. The number of piperidine rings is 1. The maximum Gasteiger partial charge on any atom is 0.293 e. The first-order chi connectivity index (χ1) is 10.6. The Bertz CT molecular complexity index is 788. The normalized spacial score (nSPS) is 18.2. The summed E-state index contributed by atoms with van der Waals surface area (Å²) in [5.41, 5.74) is 5.01. The van der Waals surface area contributed by atoms with Crippen LogP contribution in [0.25, 0.3) is 5.78 Å². The van der Waals surface area contributed by atoms with Gasteiger partial charge in [0.05, 0.1) is 0 Å². The van der Waals surface area contributed by atoms with Crippen molar-refractivity contribution in [2.45, 2.75) is 39.5 Å². The molecule has 2 aromatic heterocycles. The van der Waals surface area contributed by atoms with E-state index in [1.54, 1.807) is 15.7 Å². The zero-order valence-electron chi connectivity index (χ0n) is 13.0. The molecule has 3 heterocycles. The highest BCUT2D eigenvalue weighted by Crippen LogP contribution is 2.36. The van der Waals surface area contributed by atoms with E-state index in [-0.39, 0.29) is 11.7 Å². The molecule has 22 heavy (non-hydrogen) atoms. The largest absolute Gasteiger partial charge is 0.335 e. The van der Waals surface area contributed by atoms with Crippen LogP contribution in [0, 0.1) is 13.8 Å². The summed E-state index contributed by atoms with van der Waals surface area (Å²) in [6.45, 7) is 5.41. The van der Waals surface area contributed by atoms with Gasteiger partial charge in [0, 0.05) is 24.5 Å². The summed E-state index contributed by atoms with van der Waals surface area (Å²) in [5, 5.41) is 4.33. The Morgan fingerprint density at radius 2 is 1.73 bits per heavy atom. The number of carbonyl (C=O) groups excluding carboxylic acids is 1.